The molecule has 19 heavy (non-hydrogen) atoms. The Labute approximate surface area is 115 Å². The minimum Gasteiger partial charge on any atom is -0.496 e. The van der Waals surface area contributed by atoms with Gasteiger partial charge in [0, 0.05) is 24.7 Å². The minimum absolute atomic E-state index is 0.105. The lowest BCUT2D eigenvalue weighted by Crippen LogP contribution is -2.36. The fourth-order valence-electron chi connectivity index (χ4n) is 2.41. The van der Waals surface area contributed by atoms with Gasteiger partial charge in [-0.05, 0) is 31.0 Å². The second-order valence-corrected chi connectivity index (χ2v) is 4.62. The number of benzene rings is 1. The predicted molar refractivity (Wildman–Crippen MR) is 74.8 cm³/mol. The van der Waals surface area contributed by atoms with Crippen LogP contribution in [0.5, 0.6) is 5.75 Å². The van der Waals surface area contributed by atoms with Crippen LogP contribution in [-0.4, -0.2) is 36.3 Å². The third-order valence-corrected chi connectivity index (χ3v) is 3.46. The van der Waals surface area contributed by atoms with Gasteiger partial charge in [0.2, 0.25) is 0 Å². The van der Waals surface area contributed by atoms with Crippen molar-refractivity contribution in [1.29, 1.82) is 0 Å². The molecule has 0 saturated heterocycles. The van der Waals surface area contributed by atoms with Gasteiger partial charge in [0.15, 0.2) is 0 Å². The number of rotatable bonds is 8. The van der Waals surface area contributed by atoms with Crippen LogP contribution in [0, 0.1) is 5.82 Å². The summed E-state index contributed by atoms with van der Waals surface area (Å²) in [6.45, 7) is 5.54. The topological polar surface area (TPSA) is 32.7 Å². The summed E-state index contributed by atoms with van der Waals surface area (Å²) in [6, 6.07) is 4.94. The first-order chi connectivity index (χ1) is 9.15. The number of hydrogen-bond donors (Lipinski definition) is 1. The van der Waals surface area contributed by atoms with Gasteiger partial charge in [-0.15, -0.1) is 0 Å². The van der Waals surface area contributed by atoms with E-state index in [1.54, 1.807) is 13.2 Å². The number of halogens is 1. The van der Waals surface area contributed by atoms with Gasteiger partial charge in [-0.2, -0.15) is 0 Å². The van der Waals surface area contributed by atoms with E-state index < -0.39 is 0 Å². The molecule has 0 saturated carbocycles. The van der Waals surface area contributed by atoms with Gasteiger partial charge in [0.05, 0.1) is 13.7 Å². The number of nitrogens with zero attached hydrogens (tertiary/aromatic N) is 1. The van der Waals surface area contributed by atoms with Gasteiger partial charge in [-0.25, -0.2) is 4.39 Å². The van der Waals surface area contributed by atoms with Crippen molar-refractivity contribution in [2.45, 2.75) is 39.3 Å². The Kier molecular flexibility index (Phi) is 6.81. The van der Waals surface area contributed by atoms with Crippen LogP contribution in [0.2, 0.25) is 0 Å². The van der Waals surface area contributed by atoms with Crippen molar-refractivity contribution >= 4 is 0 Å². The SMILES string of the molecule is CCC(CC)N(CCO)Cc1cc(F)ccc1OC. The summed E-state index contributed by atoms with van der Waals surface area (Å²) < 4.78 is 18.6. The maximum atomic E-state index is 13.4. The second kappa shape index (κ2) is 8.12. The molecule has 0 aliphatic rings. The smallest absolute Gasteiger partial charge is 0.123 e. The van der Waals surface area contributed by atoms with Crippen LogP contribution in [0.4, 0.5) is 4.39 Å². The van der Waals surface area contributed by atoms with Crippen LogP contribution in [-0.2, 0) is 6.54 Å². The molecule has 108 valence electrons. The molecule has 4 heteroatoms. The molecule has 0 heterocycles. The molecule has 1 N–H and O–H groups in total. The van der Waals surface area contributed by atoms with Crippen LogP contribution in [0.1, 0.15) is 32.3 Å². The van der Waals surface area contributed by atoms with E-state index in [1.807, 2.05) is 0 Å². The number of methoxy groups -OCH3 is 1. The van der Waals surface area contributed by atoms with E-state index in [4.69, 9.17) is 4.74 Å². The van der Waals surface area contributed by atoms with Gasteiger partial charge in [0.25, 0.3) is 0 Å². The Hall–Kier alpha value is -1.13. The molecular weight excluding hydrogens is 245 g/mol. The summed E-state index contributed by atoms with van der Waals surface area (Å²) in [5, 5.41) is 9.19. The van der Waals surface area contributed by atoms with Crippen molar-refractivity contribution in [2.24, 2.45) is 0 Å². The van der Waals surface area contributed by atoms with Crippen LogP contribution in [0.15, 0.2) is 18.2 Å². The first kappa shape index (κ1) is 15.9. The normalized spacial score (nSPS) is 11.3. The van der Waals surface area contributed by atoms with Gasteiger partial charge >= 0.3 is 0 Å². The molecule has 1 rings (SSSR count). The van der Waals surface area contributed by atoms with E-state index in [9.17, 15) is 9.50 Å². The Balaban J connectivity index is 2.91. The summed E-state index contributed by atoms with van der Waals surface area (Å²) in [5.41, 5.74) is 0.822. The van der Waals surface area contributed by atoms with Crippen LogP contribution < -0.4 is 4.74 Å². The Morgan fingerprint density at radius 3 is 2.53 bits per heavy atom. The summed E-state index contributed by atoms with van der Waals surface area (Å²) >= 11 is 0. The highest BCUT2D eigenvalue weighted by Crippen LogP contribution is 2.23. The summed E-state index contributed by atoms with van der Waals surface area (Å²) in [5.74, 6) is 0.430. The van der Waals surface area contributed by atoms with Crippen molar-refractivity contribution in [3.63, 3.8) is 0 Å². The van der Waals surface area contributed by atoms with Gasteiger partial charge in [-0.3, -0.25) is 4.90 Å². The van der Waals surface area contributed by atoms with Gasteiger partial charge in [0.1, 0.15) is 11.6 Å². The Bertz CT molecular complexity index is 380. The summed E-state index contributed by atoms with van der Waals surface area (Å²) in [4.78, 5) is 2.18. The highest BCUT2D eigenvalue weighted by Gasteiger charge is 2.17. The highest BCUT2D eigenvalue weighted by molar-refractivity contribution is 5.33. The van der Waals surface area contributed by atoms with E-state index in [0.717, 1.165) is 18.4 Å². The van der Waals surface area contributed by atoms with Crippen LogP contribution >= 0.6 is 0 Å². The van der Waals surface area contributed by atoms with E-state index >= 15 is 0 Å². The lowest BCUT2D eigenvalue weighted by atomic mass is 10.1. The van der Waals surface area contributed by atoms with Crippen molar-refractivity contribution in [2.75, 3.05) is 20.3 Å². The van der Waals surface area contributed by atoms with Crippen molar-refractivity contribution < 1.29 is 14.2 Å². The molecule has 0 spiro atoms. The zero-order valence-electron chi connectivity index (χ0n) is 12.0. The molecule has 1 aromatic rings. The number of ether oxygens (including phenoxy) is 1. The van der Waals surface area contributed by atoms with E-state index in [0.29, 0.717) is 24.9 Å². The first-order valence-electron chi connectivity index (χ1n) is 6.83. The lowest BCUT2D eigenvalue weighted by molar-refractivity contribution is 0.135. The minimum atomic E-state index is -0.260. The van der Waals surface area contributed by atoms with E-state index in [2.05, 4.69) is 18.7 Å². The Morgan fingerprint density at radius 2 is 2.00 bits per heavy atom. The molecule has 0 unspecified atom stereocenters. The quantitative estimate of drug-likeness (QED) is 0.787. The van der Waals surface area contributed by atoms with Crippen LogP contribution in [0.25, 0.3) is 0 Å². The monoisotopic (exact) mass is 269 g/mol. The number of aliphatic hydroxyl groups is 1. The van der Waals surface area contributed by atoms with E-state index in [1.165, 1.54) is 12.1 Å². The first-order valence-corrected chi connectivity index (χ1v) is 6.83. The molecule has 1 aromatic carbocycles. The average molecular weight is 269 g/mol. The molecule has 0 aliphatic carbocycles. The third-order valence-electron chi connectivity index (χ3n) is 3.46. The zero-order valence-corrected chi connectivity index (χ0v) is 12.0. The fourth-order valence-corrected chi connectivity index (χ4v) is 2.41. The maximum absolute atomic E-state index is 13.4. The number of aliphatic hydroxyl groups excluding tert-OH is 1. The van der Waals surface area contributed by atoms with Crippen LogP contribution in [0.3, 0.4) is 0 Å². The largest absolute Gasteiger partial charge is 0.496 e. The molecule has 0 amide bonds. The zero-order chi connectivity index (χ0) is 14.3. The fraction of sp³-hybridized carbons (Fsp3) is 0.600. The van der Waals surface area contributed by atoms with E-state index in [-0.39, 0.29) is 12.4 Å². The molecule has 0 radical (unpaired) electrons. The van der Waals surface area contributed by atoms with Gasteiger partial charge < -0.3 is 9.84 Å². The summed E-state index contributed by atoms with van der Waals surface area (Å²) in [7, 11) is 1.59. The molecule has 0 aliphatic heterocycles. The maximum Gasteiger partial charge on any atom is 0.123 e. The molecule has 0 aromatic heterocycles. The van der Waals surface area contributed by atoms with Crippen molar-refractivity contribution in [3.8, 4) is 5.75 Å². The van der Waals surface area contributed by atoms with Crippen molar-refractivity contribution in [3.05, 3.63) is 29.6 Å². The standard InChI is InChI=1S/C15H24FNO2/c1-4-14(5-2)17(8-9-18)11-12-10-13(16)6-7-15(12)19-3/h6-7,10,14,18H,4-5,8-9,11H2,1-3H3. The lowest BCUT2D eigenvalue weighted by Gasteiger charge is -2.30. The Morgan fingerprint density at radius 1 is 1.32 bits per heavy atom. The molecule has 3 nitrogen and oxygen atoms in total. The predicted octanol–water partition coefficient (Wildman–Crippen LogP) is 2.82. The molecular formula is C15H24FNO2. The van der Waals surface area contributed by atoms with Gasteiger partial charge in [-0.1, -0.05) is 13.8 Å². The second-order valence-electron chi connectivity index (χ2n) is 4.62. The summed E-state index contributed by atoms with van der Waals surface area (Å²) in [6.07, 6.45) is 2.02. The third kappa shape index (κ3) is 4.48. The molecule has 0 bridgehead atoms. The van der Waals surface area contributed by atoms with Crippen molar-refractivity contribution in [1.82, 2.24) is 4.90 Å². The highest BCUT2D eigenvalue weighted by atomic mass is 19.1. The number of hydrogen-bond acceptors (Lipinski definition) is 3. The molecule has 0 atom stereocenters. The average Bonchev–Trinajstić information content (AvgIpc) is 2.40. The molecule has 0 fully saturated rings.